The van der Waals surface area contributed by atoms with E-state index in [2.05, 4.69) is 42.4 Å². The normalized spacial score (nSPS) is 13.0. The largest absolute Gasteiger partial charge is 0.505 e. The van der Waals surface area contributed by atoms with Gasteiger partial charge in [0.2, 0.25) is 17.2 Å². The lowest BCUT2D eigenvalue weighted by Crippen LogP contribution is -2.16. The van der Waals surface area contributed by atoms with Crippen molar-refractivity contribution in [3.8, 4) is 5.75 Å². The molecule has 1 aromatic heterocycles. The first-order valence-corrected chi connectivity index (χ1v) is 23.2. The van der Waals surface area contributed by atoms with Crippen molar-refractivity contribution in [1.29, 1.82) is 0 Å². The molecule has 0 bridgehead atoms. The highest BCUT2D eigenvalue weighted by Crippen LogP contribution is 2.46. The van der Waals surface area contributed by atoms with Crippen molar-refractivity contribution in [2.45, 2.75) is 19.6 Å². The molecule has 0 atom stereocenters. The smallest absolute Gasteiger partial charge is 0.297 e. The van der Waals surface area contributed by atoms with Crippen molar-refractivity contribution in [2.75, 3.05) is 36.1 Å². The molecule has 0 radical (unpaired) electrons. The molecular formula is C29H26ClN7O16S5. The van der Waals surface area contributed by atoms with Crippen LogP contribution in [0.15, 0.2) is 90.3 Å². The van der Waals surface area contributed by atoms with E-state index in [9.17, 15) is 65.4 Å². The van der Waals surface area contributed by atoms with Gasteiger partial charge in [0.05, 0.1) is 29.5 Å². The van der Waals surface area contributed by atoms with Gasteiger partial charge in [-0.25, -0.2) is 8.42 Å². The van der Waals surface area contributed by atoms with Gasteiger partial charge in [-0.05, 0) is 47.3 Å². The first-order chi connectivity index (χ1) is 26.8. The van der Waals surface area contributed by atoms with E-state index in [0.29, 0.717) is 12.1 Å². The Hall–Kier alpha value is -5.01. The molecule has 0 aliphatic rings. The minimum absolute atomic E-state index is 0.000849. The third-order valence-corrected chi connectivity index (χ3v) is 12.6. The molecule has 0 saturated carbocycles. The van der Waals surface area contributed by atoms with Crippen LogP contribution in [0.5, 0.6) is 5.75 Å². The highest BCUT2D eigenvalue weighted by atomic mass is 35.5. The Morgan fingerprint density at radius 3 is 2.05 bits per heavy atom. The third-order valence-electron chi connectivity index (χ3n) is 7.59. The van der Waals surface area contributed by atoms with E-state index in [0.717, 1.165) is 41.8 Å². The minimum Gasteiger partial charge on any atom is -0.505 e. The SMILES string of the molecule is C=CS(=O)(=O)CCOCCNc1nc(Cl)nc(Nc2cc(S(=O)(=O)O)cc3cc(S(=O)(=O)O)c(/N=N/c4ccc5c(S(=O)(=O)O)cccc5c4S(=O)(=O)O)c(O)c23)n1. The molecule has 0 aliphatic carbocycles. The highest BCUT2D eigenvalue weighted by Gasteiger charge is 2.28. The Kier molecular flexibility index (Phi) is 12.4. The van der Waals surface area contributed by atoms with Gasteiger partial charge in [-0.3, -0.25) is 18.2 Å². The van der Waals surface area contributed by atoms with E-state index < -0.39 is 125 Å². The molecule has 0 spiro atoms. The Morgan fingerprint density at radius 2 is 1.43 bits per heavy atom. The van der Waals surface area contributed by atoms with Crippen LogP contribution in [-0.4, -0.2) is 106 Å². The third kappa shape index (κ3) is 10.2. The molecular weight excluding hydrogens is 898 g/mol. The number of sulfone groups is 1. The second-order valence-corrected chi connectivity index (χ2v) is 19.4. The average molecular weight is 924 g/mol. The van der Waals surface area contributed by atoms with Gasteiger partial charge in [-0.2, -0.15) is 48.6 Å². The van der Waals surface area contributed by atoms with Crippen LogP contribution in [0.2, 0.25) is 5.28 Å². The number of azo groups is 1. The fourth-order valence-corrected chi connectivity index (χ4v) is 8.58. The number of aromatic hydroxyl groups is 1. The number of fused-ring (bicyclic) bond motifs is 2. The van der Waals surface area contributed by atoms with Crippen LogP contribution in [0.1, 0.15) is 0 Å². The summed E-state index contributed by atoms with van der Waals surface area (Å²) in [5.74, 6) is -2.15. The number of halogens is 1. The second kappa shape index (κ2) is 16.3. The van der Waals surface area contributed by atoms with Crippen molar-refractivity contribution < 1.29 is 70.1 Å². The lowest BCUT2D eigenvalue weighted by atomic mass is 10.1. The molecule has 58 heavy (non-hydrogen) atoms. The number of nitrogens with one attached hydrogen (secondary N) is 2. The summed E-state index contributed by atoms with van der Waals surface area (Å²) in [7, 11) is -24.2. The summed E-state index contributed by atoms with van der Waals surface area (Å²) in [5.41, 5.74) is -2.35. The Bertz CT molecular complexity index is 3110. The standard InChI is InChI=1S/C29H26ClN7O16S5/c1-2-54(39,40)11-10-53-9-8-31-28-33-27(30)34-29(35-28)32-20-14-16(55(41,42)43)12-15-13-22(57(47,48)49)24(25(38)23(15)20)37-36-19-7-6-17-18(26(19)58(50,51)52)4-3-5-21(17)56(44,45)46/h2-7,12-14,38H,1,8-11H2,(H,41,42,43)(H,44,45,46)(H,47,48,49)(H,50,51,52)(H2,31,32,33,34,35)/b37-36+. The predicted molar refractivity (Wildman–Crippen MR) is 204 cm³/mol. The zero-order valence-electron chi connectivity index (χ0n) is 28.6. The number of aromatic nitrogens is 3. The number of phenols is 1. The molecule has 0 fully saturated rings. The Morgan fingerprint density at radius 1 is 0.759 bits per heavy atom. The second-order valence-electron chi connectivity index (χ2n) is 11.5. The van der Waals surface area contributed by atoms with Gasteiger partial charge in [0.15, 0.2) is 15.6 Å². The molecule has 23 nitrogen and oxygen atoms in total. The number of rotatable bonds is 16. The summed E-state index contributed by atoms with van der Waals surface area (Å²) in [6.07, 6.45) is 0. The maximum absolute atomic E-state index is 12.6. The zero-order valence-corrected chi connectivity index (χ0v) is 33.5. The van der Waals surface area contributed by atoms with E-state index in [1.54, 1.807) is 0 Å². The topological polar surface area (TPSA) is 369 Å². The number of hydrogen-bond donors (Lipinski definition) is 7. The first kappa shape index (κ1) is 44.1. The van der Waals surface area contributed by atoms with Crippen LogP contribution in [0.25, 0.3) is 21.5 Å². The van der Waals surface area contributed by atoms with Crippen LogP contribution < -0.4 is 10.6 Å². The Labute approximate surface area is 333 Å². The molecule has 4 aromatic carbocycles. The van der Waals surface area contributed by atoms with E-state index in [-0.39, 0.29) is 31.5 Å². The monoisotopic (exact) mass is 923 g/mol. The molecule has 7 N–H and O–H groups in total. The van der Waals surface area contributed by atoms with Crippen LogP contribution >= 0.6 is 11.6 Å². The van der Waals surface area contributed by atoms with Crippen molar-refractivity contribution >= 4 is 112 Å². The molecule has 310 valence electrons. The summed E-state index contributed by atoms with van der Waals surface area (Å²) < 4.78 is 167. The minimum atomic E-state index is -5.41. The summed E-state index contributed by atoms with van der Waals surface area (Å²) in [6, 6.07) is 6.83. The molecule has 0 unspecified atom stereocenters. The van der Waals surface area contributed by atoms with Crippen molar-refractivity contribution in [3.63, 3.8) is 0 Å². The summed E-state index contributed by atoms with van der Waals surface area (Å²) >= 11 is 6.05. The van der Waals surface area contributed by atoms with Crippen LogP contribution in [0, 0.1) is 0 Å². The maximum Gasteiger partial charge on any atom is 0.297 e. The number of ether oxygens (including phenoxy) is 1. The highest BCUT2D eigenvalue weighted by molar-refractivity contribution is 7.94. The lowest BCUT2D eigenvalue weighted by Gasteiger charge is -2.15. The van der Waals surface area contributed by atoms with Crippen molar-refractivity contribution in [2.24, 2.45) is 10.2 Å². The van der Waals surface area contributed by atoms with E-state index in [4.69, 9.17) is 16.3 Å². The van der Waals surface area contributed by atoms with Crippen LogP contribution in [0.3, 0.4) is 0 Å². The number of anilines is 3. The van der Waals surface area contributed by atoms with Crippen LogP contribution in [0.4, 0.5) is 29.0 Å². The van der Waals surface area contributed by atoms with Gasteiger partial charge in [0, 0.05) is 28.1 Å². The van der Waals surface area contributed by atoms with Gasteiger partial charge >= 0.3 is 0 Å². The van der Waals surface area contributed by atoms with E-state index in [1.807, 2.05) is 0 Å². The fourth-order valence-electron chi connectivity index (χ4n) is 5.17. The first-order valence-electron chi connectivity index (χ1n) is 15.4. The van der Waals surface area contributed by atoms with E-state index >= 15 is 0 Å². The summed E-state index contributed by atoms with van der Waals surface area (Å²) in [6.45, 7) is 2.99. The van der Waals surface area contributed by atoms with E-state index in [1.165, 1.54) is 0 Å². The van der Waals surface area contributed by atoms with Gasteiger partial charge in [0.1, 0.15) is 26.1 Å². The summed E-state index contributed by atoms with van der Waals surface area (Å²) in [4.78, 5) is 7.85. The number of nitrogens with zero attached hydrogens (tertiary/aromatic N) is 5. The molecule has 1 heterocycles. The Balaban J connectivity index is 1.64. The molecule has 0 aliphatic heterocycles. The number of hydrogen-bond acceptors (Lipinski definition) is 19. The maximum atomic E-state index is 12.6. The van der Waals surface area contributed by atoms with Crippen molar-refractivity contribution in [3.05, 3.63) is 65.8 Å². The molecule has 0 saturated heterocycles. The summed E-state index contributed by atoms with van der Waals surface area (Å²) in [5, 5.41) is 22.6. The lowest BCUT2D eigenvalue weighted by molar-refractivity contribution is 0.159. The van der Waals surface area contributed by atoms with Gasteiger partial charge in [-0.1, -0.05) is 24.8 Å². The predicted octanol–water partition coefficient (Wildman–Crippen LogP) is 3.67. The quantitative estimate of drug-likeness (QED) is 0.0421. The van der Waals surface area contributed by atoms with Gasteiger partial charge < -0.3 is 20.5 Å². The van der Waals surface area contributed by atoms with Crippen molar-refractivity contribution in [1.82, 2.24) is 15.0 Å². The number of phenolic OH excluding ortho intramolecular Hbond substituents is 1. The average Bonchev–Trinajstić information content (AvgIpc) is 3.09. The number of benzene rings is 4. The van der Waals surface area contributed by atoms with Crippen LogP contribution in [-0.2, 0) is 55.0 Å². The zero-order chi connectivity index (χ0) is 43.0. The molecule has 5 rings (SSSR count). The molecule has 5 aromatic rings. The van der Waals surface area contributed by atoms with Gasteiger partial charge in [-0.15, -0.1) is 10.2 Å². The molecule has 0 amide bonds. The van der Waals surface area contributed by atoms with Gasteiger partial charge in [0.25, 0.3) is 40.5 Å². The fraction of sp³-hybridized carbons (Fsp3) is 0.138. The molecule has 29 heteroatoms.